The zero-order chi connectivity index (χ0) is 23.9. The van der Waals surface area contributed by atoms with E-state index < -0.39 is 40.8 Å². The number of carbonyl (C=O) groups is 3. The number of rotatable bonds is 7. The number of esters is 3. The summed E-state index contributed by atoms with van der Waals surface area (Å²) in [6, 6.07) is 25.1. The van der Waals surface area contributed by atoms with Crippen LogP contribution in [0.4, 0.5) is 0 Å². The molecule has 174 valence electrons. The van der Waals surface area contributed by atoms with Crippen LogP contribution < -0.4 is 0 Å². The Hall–Kier alpha value is -3.62. The fraction of sp³-hybridized carbons (Fsp3) is 0.192. The number of thioether (sulfide) groups is 1. The molecule has 0 aromatic heterocycles. The van der Waals surface area contributed by atoms with E-state index in [9.17, 15) is 19.5 Å². The summed E-state index contributed by atoms with van der Waals surface area (Å²) in [6.45, 7) is -0.151. The summed E-state index contributed by atoms with van der Waals surface area (Å²) in [7, 11) is 0. The molecule has 1 aliphatic heterocycles. The maximum Gasteiger partial charge on any atom is 0.338 e. The van der Waals surface area contributed by atoms with Gasteiger partial charge in [-0.3, -0.25) is 0 Å². The third kappa shape index (κ3) is 5.65. The van der Waals surface area contributed by atoms with Crippen molar-refractivity contribution in [2.75, 3.05) is 6.61 Å². The predicted molar refractivity (Wildman–Crippen MR) is 125 cm³/mol. The van der Waals surface area contributed by atoms with Crippen LogP contribution in [-0.2, 0) is 14.2 Å². The summed E-state index contributed by atoms with van der Waals surface area (Å²) in [5.74, 6) is -1.85. The van der Waals surface area contributed by atoms with E-state index in [4.69, 9.17) is 14.2 Å². The van der Waals surface area contributed by atoms with E-state index in [-0.39, 0.29) is 6.61 Å². The second kappa shape index (κ2) is 11.0. The Balaban J connectivity index is 1.51. The molecule has 3 aromatic carbocycles. The molecule has 0 radical (unpaired) electrons. The van der Waals surface area contributed by atoms with Crippen LogP contribution in [-0.4, -0.2) is 52.5 Å². The highest BCUT2D eigenvalue weighted by Crippen LogP contribution is 2.38. The number of aliphatic hydroxyl groups excluding tert-OH is 1. The lowest BCUT2D eigenvalue weighted by molar-refractivity contribution is -0.0557. The van der Waals surface area contributed by atoms with Crippen LogP contribution in [0.15, 0.2) is 91.0 Å². The Kier molecular flexibility index (Phi) is 7.61. The first kappa shape index (κ1) is 23.5. The molecule has 3 aromatic rings. The van der Waals surface area contributed by atoms with Gasteiger partial charge in [0.2, 0.25) is 0 Å². The molecule has 0 aliphatic carbocycles. The zero-order valence-electron chi connectivity index (χ0n) is 18.0. The molecule has 1 heterocycles. The SMILES string of the molecule is O=C(OC[C@@H]1SC(O)[C@H](OC(=O)c2ccccc2)[C@H]1OC(=O)c1ccccc1)c1ccccc1. The van der Waals surface area contributed by atoms with Crippen molar-refractivity contribution in [3.63, 3.8) is 0 Å². The minimum atomic E-state index is -1.18. The first-order valence-electron chi connectivity index (χ1n) is 10.6. The molecule has 8 heteroatoms. The molecule has 1 fully saturated rings. The van der Waals surface area contributed by atoms with Crippen LogP contribution in [0.5, 0.6) is 0 Å². The van der Waals surface area contributed by atoms with E-state index in [1.54, 1.807) is 91.0 Å². The monoisotopic (exact) mass is 478 g/mol. The van der Waals surface area contributed by atoms with Gasteiger partial charge in [0.25, 0.3) is 0 Å². The van der Waals surface area contributed by atoms with Crippen molar-refractivity contribution in [2.24, 2.45) is 0 Å². The molecular formula is C26H22O7S. The van der Waals surface area contributed by atoms with Crippen molar-refractivity contribution >= 4 is 29.7 Å². The van der Waals surface area contributed by atoms with Gasteiger partial charge >= 0.3 is 17.9 Å². The standard InChI is InChI=1S/C26H22O7S/c27-23(17-10-4-1-5-11-17)31-16-20-21(32-24(28)18-12-6-2-7-13-18)22(26(30)34-20)33-25(29)19-14-8-3-9-15-19/h1-15,20-22,26,30H,16H2/t20-,21-,22+,26?/m0/s1. The molecule has 1 N–H and O–H groups in total. The molecule has 4 rings (SSSR count). The predicted octanol–water partition coefficient (Wildman–Crippen LogP) is 3.73. The summed E-state index contributed by atoms with van der Waals surface area (Å²) in [6.07, 6.45) is -2.19. The van der Waals surface area contributed by atoms with E-state index in [0.29, 0.717) is 16.7 Å². The first-order chi connectivity index (χ1) is 16.5. The molecule has 0 saturated carbocycles. The fourth-order valence-electron chi connectivity index (χ4n) is 3.46. The van der Waals surface area contributed by atoms with E-state index in [2.05, 4.69) is 0 Å². The molecule has 0 spiro atoms. The maximum atomic E-state index is 12.8. The summed E-state index contributed by atoms with van der Waals surface area (Å²) in [5, 5.41) is 10.00. The third-order valence-corrected chi connectivity index (χ3v) is 6.48. The van der Waals surface area contributed by atoms with Crippen molar-refractivity contribution in [2.45, 2.75) is 22.9 Å². The number of aliphatic hydroxyl groups is 1. The molecule has 7 nitrogen and oxygen atoms in total. The van der Waals surface area contributed by atoms with Gasteiger partial charge in [0, 0.05) is 0 Å². The van der Waals surface area contributed by atoms with Crippen LogP contribution in [0, 0.1) is 0 Å². The zero-order valence-corrected chi connectivity index (χ0v) is 18.8. The van der Waals surface area contributed by atoms with Crippen LogP contribution in [0.1, 0.15) is 31.1 Å². The van der Waals surface area contributed by atoms with Crippen molar-refractivity contribution in [1.82, 2.24) is 0 Å². The van der Waals surface area contributed by atoms with E-state index in [1.165, 1.54) is 0 Å². The minimum absolute atomic E-state index is 0.151. The summed E-state index contributed by atoms with van der Waals surface area (Å²) in [5.41, 5.74) is -0.202. The van der Waals surface area contributed by atoms with Gasteiger partial charge < -0.3 is 19.3 Å². The van der Waals surface area contributed by atoms with E-state index in [0.717, 1.165) is 11.8 Å². The lowest BCUT2D eigenvalue weighted by atomic mass is 10.1. The van der Waals surface area contributed by atoms with Gasteiger partial charge in [-0.25, -0.2) is 14.4 Å². The molecular weight excluding hydrogens is 456 g/mol. The lowest BCUT2D eigenvalue weighted by Crippen LogP contribution is -2.41. The van der Waals surface area contributed by atoms with Crippen molar-refractivity contribution in [3.8, 4) is 0 Å². The smallest absolute Gasteiger partial charge is 0.338 e. The molecule has 34 heavy (non-hydrogen) atoms. The Bertz CT molecular complexity index is 1120. The van der Waals surface area contributed by atoms with Crippen molar-refractivity contribution in [1.29, 1.82) is 0 Å². The number of hydrogen-bond donors (Lipinski definition) is 1. The first-order valence-corrected chi connectivity index (χ1v) is 11.5. The average Bonchev–Trinajstić information content (AvgIpc) is 3.17. The van der Waals surface area contributed by atoms with Gasteiger partial charge in [0.05, 0.1) is 21.9 Å². The van der Waals surface area contributed by atoms with Gasteiger partial charge in [0.1, 0.15) is 12.0 Å². The number of ether oxygens (including phenoxy) is 3. The lowest BCUT2D eigenvalue weighted by Gasteiger charge is -2.24. The normalized spacial score (nSPS) is 21.4. The van der Waals surface area contributed by atoms with Gasteiger partial charge in [-0.15, -0.1) is 11.8 Å². The largest absolute Gasteiger partial charge is 0.461 e. The Labute approximate surface area is 200 Å². The molecule has 0 bridgehead atoms. The summed E-state index contributed by atoms with van der Waals surface area (Å²) >= 11 is 1.02. The second-order valence-electron chi connectivity index (χ2n) is 7.50. The van der Waals surface area contributed by atoms with Crippen molar-refractivity contribution < 1.29 is 33.7 Å². The molecule has 1 aliphatic rings. The molecule has 0 amide bonds. The number of carbonyl (C=O) groups excluding carboxylic acids is 3. The quantitative estimate of drug-likeness (QED) is 0.405. The number of benzene rings is 3. The molecule has 1 unspecified atom stereocenters. The van der Waals surface area contributed by atoms with E-state index >= 15 is 0 Å². The third-order valence-electron chi connectivity index (χ3n) is 5.18. The van der Waals surface area contributed by atoms with Crippen LogP contribution in [0.3, 0.4) is 0 Å². The highest BCUT2D eigenvalue weighted by Gasteiger charge is 2.49. The molecule has 4 atom stereocenters. The average molecular weight is 479 g/mol. The van der Waals surface area contributed by atoms with Crippen LogP contribution in [0.25, 0.3) is 0 Å². The Morgan fingerprint density at radius 2 is 1.06 bits per heavy atom. The van der Waals surface area contributed by atoms with Gasteiger partial charge in [0.15, 0.2) is 12.2 Å². The second-order valence-corrected chi connectivity index (χ2v) is 8.86. The van der Waals surface area contributed by atoms with Crippen molar-refractivity contribution in [3.05, 3.63) is 108 Å². The Morgan fingerprint density at radius 3 is 1.53 bits per heavy atom. The number of hydrogen-bond acceptors (Lipinski definition) is 8. The minimum Gasteiger partial charge on any atom is -0.461 e. The van der Waals surface area contributed by atoms with Gasteiger partial charge in [-0.1, -0.05) is 54.6 Å². The van der Waals surface area contributed by atoms with Crippen LogP contribution in [0.2, 0.25) is 0 Å². The van der Waals surface area contributed by atoms with Crippen LogP contribution >= 0.6 is 11.8 Å². The van der Waals surface area contributed by atoms with Gasteiger partial charge in [-0.05, 0) is 36.4 Å². The van der Waals surface area contributed by atoms with Gasteiger partial charge in [-0.2, -0.15) is 0 Å². The summed E-state index contributed by atoms with van der Waals surface area (Å²) < 4.78 is 16.6. The highest BCUT2D eigenvalue weighted by molar-refractivity contribution is 8.00. The maximum absolute atomic E-state index is 12.8. The fourth-order valence-corrected chi connectivity index (χ4v) is 4.69. The summed E-state index contributed by atoms with van der Waals surface area (Å²) in [4.78, 5) is 37.8. The Morgan fingerprint density at radius 1 is 0.647 bits per heavy atom. The van der Waals surface area contributed by atoms with E-state index in [1.807, 2.05) is 0 Å². The molecule has 1 saturated heterocycles. The topological polar surface area (TPSA) is 99.1 Å². The highest BCUT2D eigenvalue weighted by atomic mass is 32.2.